The predicted octanol–water partition coefficient (Wildman–Crippen LogP) is 3.31. The molecule has 0 N–H and O–H groups in total. The van der Waals surface area contributed by atoms with Gasteiger partial charge in [0.1, 0.15) is 17.2 Å². The van der Waals surface area contributed by atoms with Gasteiger partial charge in [-0.2, -0.15) is 0 Å². The molecule has 5 nitrogen and oxygen atoms in total. The van der Waals surface area contributed by atoms with Crippen molar-refractivity contribution in [1.29, 1.82) is 0 Å². The predicted molar refractivity (Wildman–Crippen MR) is 94.0 cm³/mol. The average molecular weight is 325 g/mol. The van der Waals surface area contributed by atoms with E-state index >= 15 is 0 Å². The van der Waals surface area contributed by atoms with E-state index in [2.05, 4.69) is 23.7 Å². The summed E-state index contributed by atoms with van der Waals surface area (Å²) in [4.78, 5) is 19.2. The fourth-order valence-electron chi connectivity index (χ4n) is 2.74. The van der Waals surface area contributed by atoms with E-state index in [1.165, 1.54) is 0 Å². The lowest BCUT2D eigenvalue weighted by molar-refractivity contribution is 0.184. The number of hydrogen-bond donors (Lipinski definition) is 0. The van der Waals surface area contributed by atoms with E-state index < -0.39 is 0 Å². The van der Waals surface area contributed by atoms with Gasteiger partial charge in [0.2, 0.25) is 0 Å². The lowest BCUT2D eigenvalue weighted by Crippen LogP contribution is -2.31. The summed E-state index contributed by atoms with van der Waals surface area (Å²) >= 11 is 0. The fraction of sp³-hybridized carbons (Fsp3) is 0.368. The Kier molecular flexibility index (Phi) is 4.53. The molecule has 126 valence electrons. The minimum absolute atomic E-state index is 0.0451. The van der Waals surface area contributed by atoms with Crippen LogP contribution in [0.1, 0.15) is 36.6 Å². The van der Waals surface area contributed by atoms with E-state index in [-0.39, 0.29) is 5.56 Å². The number of fused-ring (bicyclic) bond motifs is 1. The molecule has 3 rings (SSSR count). The van der Waals surface area contributed by atoms with Crippen molar-refractivity contribution < 1.29 is 4.42 Å². The average Bonchev–Trinajstić information content (AvgIpc) is 2.92. The third kappa shape index (κ3) is 3.57. The Hall–Kier alpha value is -2.40. The molecule has 3 heterocycles. The van der Waals surface area contributed by atoms with Crippen LogP contribution in [0.25, 0.3) is 5.65 Å². The zero-order valence-corrected chi connectivity index (χ0v) is 14.6. The van der Waals surface area contributed by atoms with Crippen LogP contribution in [0.2, 0.25) is 0 Å². The minimum Gasteiger partial charge on any atom is -0.465 e. The first kappa shape index (κ1) is 16.5. The Labute approximate surface area is 141 Å². The SMILES string of the molecule is Cc1ccc2nc(CN(Cc3ccc(C)o3)C(C)C)cc(=O)n2c1. The molecule has 0 fully saturated rings. The first-order valence-electron chi connectivity index (χ1n) is 8.20. The van der Waals surface area contributed by atoms with Crippen LogP contribution in [0.3, 0.4) is 0 Å². The van der Waals surface area contributed by atoms with Crippen molar-refractivity contribution >= 4 is 5.65 Å². The molecule has 0 atom stereocenters. The highest BCUT2D eigenvalue weighted by Crippen LogP contribution is 2.14. The van der Waals surface area contributed by atoms with Crippen LogP contribution in [-0.4, -0.2) is 20.3 Å². The van der Waals surface area contributed by atoms with E-state index in [1.54, 1.807) is 10.5 Å². The third-order valence-electron chi connectivity index (χ3n) is 4.11. The van der Waals surface area contributed by atoms with E-state index in [9.17, 15) is 4.79 Å². The summed E-state index contributed by atoms with van der Waals surface area (Å²) in [6.45, 7) is 9.47. The molecule has 3 aromatic rings. The Morgan fingerprint density at radius 1 is 1.17 bits per heavy atom. The highest BCUT2D eigenvalue weighted by molar-refractivity contribution is 5.39. The van der Waals surface area contributed by atoms with Gasteiger partial charge in [0.25, 0.3) is 5.56 Å². The number of aromatic nitrogens is 2. The molecule has 0 bridgehead atoms. The second-order valence-corrected chi connectivity index (χ2v) is 6.53. The van der Waals surface area contributed by atoms with Gasteiger partial charge in [-0.3, -0.25) is 14.1 Å². The molecule has 0 unspecified atom stereocenters. The van der Waals surface area contributed by atoms with Crippen LogP contribution < -0.4 is 5.56 Å². The summed E-state index contributed by atoms with van der Waals surface area (Å²) in [6, 6.07) is 9.75. The van der Waals surface area contributed by atoms with Crippen LogP contribution in [0, 0.1) is 13.8 Å². The maximum Gasteiger partial charge on any atom is 0.258 e. The molecular weight excluding hydrogens is 302 g/mol. The standard InChI is InChI=1S/C19H23N3O2/c1-13(2)21(12-17-7-6-15(4)24-17)11-16-9-19(23)22-10-14(3)5-8-18(22)20-16/h5-10,13H,11-12H2,1-4H3. The zero-order valence-electron chi connectivity index (χ0n) is 14.6. The van der Waals surface area contributed by atoms with Crippen molar-refractivity contribution in [2.75, 3.05) is 0 Å². The van der Waals surface area contributed by atoms with Crippen LogP contribution in [0.5, 0.6) is 0 Å². The fourth-order valence-corrected chi connectivity index (χ4v) is 2.74. The molecular formula is C19H23N3O2. The molecule has 0 radical (unpaired) electrons. The molecule has 0 saturated carbocycles. The molecule has 0 aromatic carbocycles. The first-order chi connectivity index (χ1) is 11.4. The second-order valence-electron chi connectivity index (χ2n) is 6.53. The number of nitrogens with zero attached hydrogens (tertiary/aromatic N) is 3. The maximum atomic E-state index is 12.4. The summed E-state index contributed by atoms with van der Waals surface area (Å²) in [7, 11) is 0. The van der Waals surface area contributed by atoms with Crippen molar-refractivity contribution in [3.63, 3.8) is 0 Å². The zero-order chi connectivity index (χ0) is 17.3. The largest absolute Gasteiger partial charge is 0.465 e. The van der Waals surface area contributed by atoms with Crippen LogP contribution in [0.15, 0.2) is 45.7 Å². The second kappa shape index (κ2) is 6.61. The van der Waals surface area contributed by atoms with Crippen LogP contribution in [0.4, 0.5) is 0 Å². The van der Waals surface area contributed by atoms with Gasteiger partial charge in [-0.1, -0.05) is 6.07 Å². The molecule has 0 spiro atoms. The van der Waals surface area contributed by atoms with Crippen molar-refractivity contribution in [3.05, 3.63) is 69.7 Å². The monoisotopic (exact) mass is 325 g/mol. The highest BCUT2D eigenvalue weighted by atomic mass is 16.3. The van der Waals surface area contributed by atoms with Crippen LogP contribution >= 0.6 is 0 Å². The van der Waals surface area contributed by atoms with Gasteiger partial charge in [-0.15, -0.1) is 0 Å². The van der Waals surface area contributed by atoms with Gasteiger partial charge >= 0.3 is 0 Å². The Bertz CT molecular complexity index is 908. The number of pyridine rings is 1. The number of rotatable bonds is 5. The van der Waals surface area contributed by atoms with Crippen LogP contribution in [-0.2, 0) is 13.1 Å². The van der Waals surface area contributed by atoms with Gasteiger partial charge in [-0.25, -0.2) is 4.98 Å². The molecule has 0 saturated heterocycles. The van der Waals surface area contributed by atoms with E-state index in [4.69, 9.17) is 4.42 Å². The van der Waals surface area contributed by atoms with Crippen molar-refractivity contribution in [1.82, 2.24) is 14.3 Å². The number of hydrogen-bond acceptors (Lipinski definition) is 4. The quantitative estimate of drug-likeness (QED) is 0.722. The molecule has 24 heavy (non-hydrogen) atoms. The molecule has 0 aliphatic rings. The van der Waals surface area contributed by atoms with Crippen molar-refractivity contribution in [3.8, 4) is 0 Å². The third-order valence-corrected chi connectivity index (χ3v) is 4.11. The minimum atomic E-state index is -0.0451. The Morgan fingerprint density at radius 2 is 1.96 bits per heavy atom. The van der Waals surface area contributed by atoms with Gasteiger partial charge < -0.3 is 4.42 Å². The van der Waals surface area contributed by atoms with E-state index in [0.29, 0.717) is 24.8 Å². The maximum absolute atomic E-state index is 12.4. The molecule has 0 aliphatic carbocycles. The highest BCUT2D eigenvalue weighted by Gasteiger charge is 2.14. The van der Waals surface area contributed by atoms with E-state index in [0.717, 1.165) is 22.8 Å². The van der Waals surface area contributed by atoms with Gasteiger partial charge in [0.05, 0.1) is 12.2 Å². The number of aryl methyl sites for hydroxylation is 2. The van der Waals surface area contributed by atoms with Crippen molar-refractivity contribution in [2.24, 2.45) is 0 Å². The molecule has 5 heteroatoms. The summed E-state index contributed by atoms with van der Waals surface area (Å²) in [5, 5.41) is 0. The van der Waals surface area contributed by atoms with Crippen molar-refractivity contribution in [2.45, 2.75) is 46.8 Å². The Morgan fingerprint density at radius 3 is 2.62 bits per heavy atom. The molecule has 3 aromatic heterocycles. The lowest BCUT2D eigenvalue weighted by Gasteiger charge is -2.25. The summed E-state index contributed by atoms with van der Waals surface area (Å²) in [5.41, 5.74) is 2.45. The smallest absolute Gasteiger partial charge is 0.258 e. The first-order valence-corrected chi connectivity index (χ1v) is 8.20. The molecule has 0 aliphatic heterocycles. The summed E-state index contributed by atoms with van der Waals surface area (Å²) in [5.74, 6) is 1.83. The van der Waals surface area contributed by atoms with Gasteiger partial charge in [0.15, 0.2) is 0 Å². The van der Waals surface area contributed by atoms with Gasteiger partial charge in [0, 0.05) is 24.8 Å². The van der Waals surface area contributed by atoms with Gasteiger partial charge in [-0.05, 0) is 51.5 Å². The topological polar surface area (TPSA) is 50.8 Å². The number of furan rings is 1. The Balaban J connectivity index is 1.88. The molecule has 0 amide bonds. The lowest BCUT2D eigenvalue weighted by atomic mass is 10.2. The summed E-state index contributed by atoms with van der Waals surface area (Å²) < 4.78 is 7.27. The summed E-state index contributed by atoms with van der Waals surface area (Å²) in [6.07, 6.45) is 1.82. The van der Waals surface area contributed by atoms with E-state index in [1.807, 2.05) is 44.3 Å². The normalized spacial score (nSPS) is 11.8.